The number of nitrogens with one attached hydrogen (secondary N) is 2. The van der Waals surface area contributed by atoms with Crippen LogP contribution >= 0.6 is 34.5 Å². The number of aromatic nitrogens is 2. The van der Waals surface area contributed by atoms with E-state index in [1.54, 1.807) is 29.6 Å². The van der Waals surface area contributed by atoms with Crippen LogP contribution in [0.25, 0.3) is 15.9 Å². The number of hydrogen-bond donors (Lipinski definition) is 2. The fourth-order valence-electron chi connectivity index (χ4n) is 3.15. The standard InChI is InChI=1S/C19H12Cl2N4O5S3/c20-12-5-6-13(23-33(28,29)18-17(21)22-19-25(18)7-8-31-19)14(10-12)24-32(26,27)16-9-11-3-1-2-4-15(11)30-16/h1-10,23-24H. The molecule has 3 heterocycles. The minimum absolute atomic E-state index is 0.0691. The summed E-state index contributed by atoms with van der Waals surface area (Å²) < 4.78 is 63.6. The molecule has 0 saturated carbocycles. The molecule has 0 radical (unpaired) electrons. The Bertz CT molecular complexity index is 1710. The highest BCUT2D eigenvalue weighted by Gasteiger charge is 2.27. The van der Waals surface area contributed by atoms with Gasteiger partial charge in [-0.05, 0) is 24.3 Å². The van der Waals surface area contributed by atoms with Crippen LogP contribution in [0.15, 0.2) is 74.6 Å². The molecule has 0 bridgehead atoms. The van der Waals surface area contributed by atoms with Gasteiger partial charge in [-0.1, -0.05) is 41.4 Å². The first-order valence-corrected chi connectivity index (χ1v) is 13.7. The normalized spacial score (nSPS) is 12.4. The van der Waals surface area contributed by atoms with Gasteiger partial charge in [0, 0.05) is 28.1 Å². The van der Waals surface area contributed by atoms with Crippen molar-refractivity contribution < 1.29 is 21.3 Å². The highest BCUT2D eigenvalue weighted by atomic mass is 35.5. The average molecular weight is 543 g/mol. The number of hydrogen-bond acceptors (Lipinski definition) is 7. The van der Waals surface area contributed by atoms with E-state index in [4.69, 9.17) is 27.6 Å². The van der Waals surface area contributed by atoms with E-state index >= 15 is 0 Å². The van der Waals surface area contributed by atoms with Gasteiger partial charge in [0.05, 0.1) is 11.4 Å². The molecule has 2 aromatic carbocycles. The van der Waals surface area contributed by atoms with Crippen molar-refractivity contribution in [1.82, 2.24) is 9.38 Å². The van der Waals surface area contributed by atoms with Crippen molar-refractivity contribution in [2.75, 3.05) is 9.44 Å². The van der Waals surface area contributed by atoms with Crippen molar-refractivity contribution in [3.05, 3.63) is 70.3 Å². The van der Waals surface area contributed by atoms with Crippen molar-refractivity contribution in [3.63, 3.8) is 0 Å². The van der Waals surface area contributed by atoms with E-state index in [0.717, 1.165) is 0 Å². The predicted octanol–water partition coefficient (Wildman–Crippen LogP) is 5.05. The van der Waals surface area contributed by atoms with Gasteiger partial charge < -0.3 is 4.42 Å². The summed E-state index contributed by atoms with van der Waals surface area (Å²) in [7, 11) is -8.46. The number of fused-ring (bicyclic) bond motifs is 2. The summed E-state index contributed by atoms with van der Waals surface area (Å²) in [6.45, 7) is 0. The molecular weight excluding hydrogens is 531 g/mol. The van der Waals surface area contributed by atoms with Crippen molar-refractivity contribution in [2.45, 2.75) is 10.1 Å². The third-order valence-electron chi connectivity index (χ3n) is 4.57. The molecule has 0 spiro atoms. The minimum Gasteiger partial charge on any atom is -0.443 e. The third kappa shape index (κ3) is 4.04. The number of furan rings is 1. The molecule has 2 N–H and O–H groups in total. The third-order valence-corrected chi connectivity index (χ3v) is 8.55. The van der Waals surface area contributed by atoms with Gasteiger partial charge in [-0.3, -0.25) is 13.8 Å². The van der Waals surface area contributed by atoms with E-state index in [-0.39, 0.29) is 31.7 Å². The van der Waals surface area contributed by atoms with Gasteiger partial charge >= 0.3 is 0 Å². The Labute approximate surface area is 201 Å². The number of benzene rings is 2. The number of sulfonamides is 2. The molecule has 0 fully saturated rings. The lowest BCUT2D eigenvalue weighted by Crippen LogP contribution is -2.18. The summed E-state index contributed by atoms with van der Waals surface area (Å²) in [6, 6.07) is 12.2. The lowest BCUT2D eigenvalue weighted by molar-refractivity contribution is 0.484. The van der Waals surface area contributed by atoms with E-state index in [1.165, 1.54) is 46.2 Å². The lowest BCUT2D eigenvalue weighted by Gasteiger charge is -2.14. The van der Waals surface area contributed by atoms with Gasteiger partial charge in [-0.15, -0.1) is 11.3 Å². The topological polar surface area (TPSA) is 123 Å². The fourth-order valence-corrected chi connectivity index (χ4v) is 6.90. The molecular formula is C19H12Cl2N4O5S3. The van der Waals surface area contributed by atoms with Gasteiger partial charge in [-0.25, -0.2) is 4.98 Å². The van der Waals surface area contributed by atoms with Crippen LogP contribution in [0.1, 0.15) is 0 Å². The van der Waals surface area contributed by atoms with Crippen molar-refractivity contribution in [2.24, 2.45) is 0 Å². The van der Waals surface area contributed by atoms with Crippen LogP contribution in [0.4, 0.5) is 11.4 Å². The maximum atomic E-state index is 13.1. The highest BCUT2D eigenvalue weighted by molar-refractivity contribution is 7.93. The molecule has 0 atom stereocenters. The van der Waals surface area contributed by atoms with Crippen LogP contribution in [0, 0.1) is 0 Å². The van der Waals surface area contributed by atoms with Gasteiger partial charge in [0.25, 0.3) is 20.0 Å². The maximum Gasteiger partial charge on any atom is 0.295 e. The number of para-hydroxylation sites is 1. The maximum absolute atomic E-state index is 13.1. The van der Waals surface area contributed by atoms with E-state index < -0.39 is 20.0 Å². The van der Waals surface area contributed by atoms with Gasteiger partial charge in [0.15, 0.2) is 15.1 Å². The molecule has 0 aliphatic rings. The molecule has 5 rings (SSSR count). The molecule has 0 amide bonds. The van der Waals surface area contributed by atoms with Crippen LogP contribution in [0.3, 0.4) is 0 Å². The van der Waals surface area contributed by atoms with Gasteiger partial charge in [0.1, 0.15) is 5.58 Å². The summed E-state index contributed by atoms with van der Waals surface area (Å²) in [5.41, 5.74) is 0.217. The smallest absolute Gasteiger partial charge is 0.295 e. The second-order valence-corrected chi connectivity index (χ2v) is 11.6. The summed E-state index contributed by atoms with van der Waals surface area (Å²) in [4.78, 5) is 4.41. The van der Waals surface area contributed by atoms with Crippen LogP contribution in [-0.4, -0.2) is 26.2 Å². The largest absolute Gasteiger partial charge is 0.443 e. The molecule has 0 unspecified atom stereocenters. The predicted molar refractivity (Wildman–Crippen MR) is 127 cm³/mol. The summed E-state index contributed by atoms with van der Waals surface area (Å²) in [6.07, 6.45) is 1.51. The van der Waals surface area contributed by atoms with E-state index in [0.29, 0.717) is 15.9 Å². The second kappa shape index (κ2) is 7.92. The van der Waals surface area contributed by atoms with E-state index in [1.807, 2.05) is 0 Å². The summed E-state index contributed by atoms with van der Waals surface area (Å²) in [5.74, 6) is 0. The van der Waals surface area contributed by atoms with Crippen molar-refractivity contribution >= 4 is 81.9 Å². The molecule has 0 aliphatic heterocycles. The summed E-state index contributed by atoms with van der Waals surface area (Å²) >= 11 is 13.3. The zero-order valence-corrected chi connectivity index (χ0v) is 20.2. The molecule has 14 heteroatoms. The first-order valence-electron chi connectivity index (χ1n) is 9.09. The van der Waals surface area contributed by atoms with Crippen LogP contribution < -0.4 is 9.44 Å². The van der Waals surface area contributed by atoms with E-state index in [9.17, 15) is 16.8 Å². The fraction of sp³-hybridized carbons (Fsp3) is 0. The zero-order chi connectivity index (χ0) is 23.4. The van der Waals surface area contributed by atoms with Crippen LogP contribution in [-0.2, 0) is 20.0 Å². The lowest BCUT2D eigenvalue weighted by atomic mass is 10.3. The van der Waals surface area contributed by atoms with Crippen molar-refractivity contribution in [1.29, 1.82) is 0 Å². The summed E-state index contributed by atoms with van der Waals surface area (Å²) in [5, 5.41) is 1.61. The van der Waals surface area contributed by atoms with Crippen LogP contribution in [0.5, 0.6) is 0 Å². The quantitative estimate of drug-likeness (QED) is 0.309. The molecule has 3 aromatic heterocycles. The highest BCUT2D eigenvalue weighted by Crippen LogP contribution is 2.33. The van der Waals surface area contributed by atoms with Gasteiger partial charge in [0.2, 0.25) is 5.09 Å². The molecule has 33 heavy (non-hydrogen) atoms. The number of rotatable bonds is 6. The van der Waals surface area contributed by atoms with Gasteiger partial charge in [-0.2, -0.15) is 16.8 Å². The first kappa shape index (κ1) is 22.0. The average Bonchev–Trinajstić information content (AvgIpc) is 3.43. The van der Waals surface area contributed by atoms with Crippen molar-refractivity contribution in [3.8, 4) is 0 Å². The molecule has 9 nitrogen and oxygen atoms in total. The number of imidazole rings is 1. The molecule has 0 saturated heterocycles. The van der Waals surface area contributed by atoms with E-state index in [2.05, 4.69) is 14.4 Å². The number of nitrogens with zero attached hydrogens (tertiary/aromatic N) is 2. The number of thiazole rings is 1. The molecule has 5 aromatic rings. The Morgan fingerprint density at radius 2 is 1.70 bits per heavy atom. The number of anilines is 2. The monoisotopic (exact) mass is 542 g/mol. The second-order valence-electron chi connectivity index (χ2n) is 6.77. The number of halogens is 2. The SMILES string of the molecule is O=S(=O)(Nc1cc(Cl)ccc1NS(=O)(=O)c1c(Cl)nc2sccn12)c1cc2ccccc2o1. The zero-order valence-electron chi connectivity index (χ0n) is 16.2. The Morgan fingerprint density at radius 1 is 0.939 bits per heavy atom. The molecule has 170 valence electrons. The Hall–Kier alpha value is -2.77. The Morgan fingerprint density at radius 3 is 2.48 bits per heavy atom. The molecule has 0 aliphatic carbocycles. The Kier molecular flexibility index (Phi) is 5.29. The first-order chi connectivity index (χ1) is 15.6. The minimum atomic E-state index is -4.25. The Balaban J connectivity index is 1.53. The van der Waals surface area contributed by atoms with Crippen LogP contribution in [0.2, 0.25) is 10.2 Å².